The molecule has 0 aromatic rings. The minimum atomic E-state index is 0.238. The van der Waals surface area contributed by atoms with E-state index in [-0.39, 0.29) is 6.61 Å². The molecule has 3 N–H and O–H groups in total. The fraction of sp³-hybridized carbons (Fsp3) is 1.00. The molecule has 3 nitrogen and oxygen atoms in total. The highest BCUT2D eigenvalue weighted by Crippen LogP contribution is 2.11. The third kappa shape index (κ3) is 3.52. The lowest BCUT2D eigenvalue weighted by Gasteiger charge is -2.28. The molecule has 0 bridgehead atoms. The maximum Gasteiger partial charge on any atom is 0.0555 e. The number of nitrogens with one attached hydrogen (secondary N) is 2. The number of hydrogen-bond donors (Lipinski definition) is 3. The zero-order valence-electron chi connectivity index (χ0n) is 7.84. The summed E-state index contributed by atoms with van der Waals surface area (Å²) in [7, 11) is 0. The first-order valence-electron chi connectivity index (χ1n) is 4.90. The van der Waals surface area contributed by atoms with Crippen molar-refractivity contribution in [2.45, 2.75) is 38.3 Å². The zero-order valence-corrected chi connectivity index (χ0v) is 7.84. The standard InChI is InChI=1S/C9H20N2O/c1-8-3-2-4-9(11-8)7-10-5-6-12/h8-12H,2-7H2,1H3. The van der Waals surface area contributed by atoms with E-state index in [0.717, 1.165) is 6.54 Å². The van der Waals surface area contributed by atoms with Gasteiger partial charge in [0.1, 0.15) is 0 Å². The van der Waals surface area contributed by atoms with E-state index in [1.54, 1.807) is 0 Å². The third-order valence-electron chi connectivity index (χ3n) is 2.39. The SMILES string of the molecule is CC1CCCC(CNCCO)N1. The van der Waals surface area contributed by atoms with Crippen LogP contribution in [0, 0.1) is 0 Å². The Morgan fingerprint density at radius 2 is 2.33 bits per heavy atom. The molecule has 1 aliphatic rings. The van der Waals surface area contributed by atoms with E-state index in [4.69, 9.17) is 5.11 Å². The Balaban J connectivity index is 2.06. The van der Waals surface area contributed by atoms with E-state index in [9.17, 15) is 0 Å². The largest absolute Gasteiger partial charge is 0.395 e. The summed E-state index contributed by atoms with van der Waals surface area (Å²) in [5.41, 5.74) is 0. The van der Waals surface area contributed by atoms with Crippen LogP contribution in [0.2, 0.25) is 0 Å². The van der Waals surface area contributed by atoms with Crippen LogP contribution in [0.1, 0.15) is 26.2 Å². The van der Waals surface area contributed by atoms with Crippen LogP contribution in [0.3, 0.4) is 0 Å². The van der Waals surface area contributed by atoms with Gasteiger partial charge in [0.25, 0.3) is 0 Å². The van der Waals surface area contributed by atoms with Gasteiger partial charge in [-0.15, -0.1) is 0 Å². The molecular weight excluding hydrogens is 152 g/mol. The van der Waals surface area contributed by atoms with E-state index in [0.29, 0.717) is 18.6 Å². The van der Waals surface area contributed by atoms with E-state index in [1.807, 2.05) is 0 Å². The van der Waals surface area contributed by atoms with Crippen LogP contribution in [0.15, 0.2) is 0 Å². The lowest BCUT2D eigenvalue weighted by molar-refractivity contribution is 0.278. The smallest absolute Gasteiger partial charge is 0.0555 e. The average molecular weight is 172 g/mol. The summed E-state index contributed by atoms with van der Waals surface area (Å²) in [5, 5.41) is 15.3. The predicted molar refractivity (Wildman–Crippen MR) is 50.2 cm³/mol. The van der Waals surface area contributed by atoms with Crippen LogP contribution in [-0.4, -0.2) is 36.9 Å². The number of piperidine rings is 1. The molecule has 0 saturated carbocycles. The fourth-order valence-electron chi connectivity index (χ4n) is 1.76. The second-order valence-corrected chi connectivity index (χ2v) is 3.62. The highest BCUT2D eigenvalue weighted by Gasteiger charge is 2.16. The van der Waals surface area contributed by atoms with Gasteiger partial charge in [0.05, 0.1) is 6.61 Å². The molecule has 0 amide bonds. The van der Waals surface area contributed by atoms with Crippen molar-refractivity contribution in [3.05, 3.63) is 0 Å². The molecule has 2 unspecified atom stereocenters. The van der Waals surface area contributed by atoms with Gasteiger partial charge in [-0.3, -0.25) is 0 Å². The summed E-state index contributed by atoms with van der Waals surface area (Å²) in [6, 6.07) is 1.28. The van der Waals surface area contributed by atoms with E-state index >= 15 is 0 Å². The minimum Gasteiger partial charge on any atom is -0.395 e. The zero-order chi connectivity index (χ0) is 8.81. The average Bonchev–Trinajstić information content (AvgIpc) is 2.05. The quantitative estimate of drug-likeness (QED) is 0.527. The normalized spacial score (nSPS) is 30.5. The molecule has 0 aliphatic carbocycles. The Morgan fingerprint density at radius 3 is 3.00 bits per heavy atom. The Labute approximate surface area is 74.5 Å². The van der Waals surface area contributed by atoms with Gasteiger partial charge in [-0.25, -0.2) is 0 Å². The highest BCUT2D eigenvalue weighted by atomic mass is 16.3. The van der Waals surface area contributed by atoms with Gasteiger partial charge >= 0.3 is 0 Å². The molecule has 1 fully saturated rings. The lowest BCUT2D eigenvalue weighted by Crippen LogP contribution is -2.46. The third-order valence-corrected chi connectivity index (χ3v) is 2.39. The summed E-state index contributed by atoms with van der Waals surface area (Å²) >= 11 is 0. The second-order valence-electron chi connectivity index (χ2n) is 3.62. The van der Waals surface area contributed by atoms with Crippen molar-refractivity contribution in [2.75, 3.05) is 19.7 Å². The van der Waals surface area contributed by atoms with Crippen molar-refractivity contribution in [2.24, 2.45) is 0 Å². The summed E-state index contributed by atoms with van der Waals surface area (Å²) in [6.07, 6.45) is 3.90. The Kier molecular flexibility index (Phi) is 4.58. The fourth-order valence-corrected chi connectivity index (χ4v) is 1.76. The molecule has 1 heterocycles. The first-order valence-corrected chi connectivity index (χ1v) is 4.90. The molecule has 72 valence electrons. The molecule has 2 atom stereocenters. The molecule has 3 heteroatoms. The van der Waals surface area contributed by atoms with Gasteiger partial charge in [-0.2, -0.15) is 0 Å². The summed E-state index contributed by atoms with van der Waals surface area (Å²) < 4.78 is 0. The highest BCUT2D eigenvalue weighted by molar-refractivity contribution is 4.78. The summed E-state index contributed by atoms with van der Waals surface area (Å²) in [4.78, 5) is 0. The maximum atomic E-state index is 8.56. The van der Waals surface area contributed by atoms with E-state index in [2.05, 4.69) is 17.6 Å². The Morgan fingerprint density at radius 1 is 1.50 bits per heavy atom. The van der Waals surface area contributed by atoms with Gasteiger partial charge in [0.15, 0.2) is 0 Å². The Hall–Kier alpha value is -0.120. The lowest BCUT2D eigenvalue weighted by atomic mass is 10.00. The molecule has 0 radical (unpaired) electrons. The van der Waals surface area contributed by atoms with Crippen molar-refractivity contribution in [3.8, 4) is 0 Å². The molecule has 1 saturated heterocycles. The molecular formula is C9H20N2O. The van der Waals surface area contributed by atoms with E-state index in [1.165, 1.54) is 19.3 Å². The number of aliphatic hydroxyl groups is 1. The minimum absolute atomic E-state index is 0.238. The van der Waals surface area contributed by atoms with Crippen molar-refractivity contribution in [1.82, 2.24) is 10.6 Å². The van der Waals surface area contributed by atoms with Crippen molar-refractivity contribution < 1.29 is 5.11 Å². The molecule has 0 aromatic carbocycles. The number of hydrogen-bond acceptors (Lipinski definition) is 3. The van der Waals surface area contributed by atoms with Gasteiger partial charge < -0.3 is 15.7 Å². The van der Waals surface area contributed by atoms with Crippen molar-refractivity contribution >= 4 is 0 Å². The maximum absolute atomic E-state index is 8.56. The van der Waals surface area contributed by atoms with Crippen molar-refractivity contribution in [1.29, 1.82) is 0 Å². The monoisotopic (exact) mass is 172 g/mol. The number of rotatable bonds is 4. The molecule has 1 rings (SSSR count). The topological polar surface area (TPSA) is 44.3 Å². The van der Waals surface area contributed by atoms with E-state index < -0.39 is 0 Å². The summed E-state index contributed by atoms with van der Waals surface area (Å²) in [6.45, 7) is 4.18. The Bertz CT molecular complexity index is 119. The van der Waals surface area contributed by atoms with Gasteiger partial charge in [0.2, 0.25) is 0 Å². The van der Waals surface area contributed by atoms with Crippen LogP contribution in [-0.2, 0) is 0 Å². The molecule has 0 spiro atoms. The van der Waals surface area contributed by atoms with Crippen LogP contribution in [0.4, 0.5) is 0 Å². The molecule has 1 aliphatic heterocycles. The van der Waals surface area contributed by atoms with Gasteiger partial charge in [0, 0.05) is 25.2 Å². The first kappa shape index (κ1) is 9.96. The molecule has 12 heavy (non-hydrogen) atoms. The van der Waals surface area contributed by atoms with Crippen molar-refractivity contribution in [3.63, 3.8) is 0 Å². The van der Waals surface area contributed by atoms with Gasteiger partial charge in [-0.1, -0.05) is 6.42 Å². The van der Waals surface area contributed by atoms with Gasteiger partial charge in [-0.05, 0) is 19.8 Å². The van der Waals surface area contributed by atoms with Crippen LogP contribution in [0.25, 0.3) is 0 Å². The van der Waals surface area contributed by atoms with Crippen LogP contribution >= 0.6 is 0 Å². The molecule has 0 aromatic heterocycles. The second kappa shape index (κ2) is 5.51. The van der Waals surface area contributed by atoms with Crippen LogP contribution in [0.5, 0.6) is 0 Å². The summed E-state index contributed by atoms with van der Waals surface area (Å²) in [5.74, 6) is 0. The number of aliphatic hydroxyl groups excluding tert-OH is 1. The van der Waals surface area contributed by atoms with Crippen LogP contribution < -0.4 is 10.6 Å². The first-order chi connectivity index (χ1) is 5.83. The predicted octanol–water partition coefficient (Wildman–Crippen LogP) is 0.0989.